The third-order valence-electron chi connectivity index (χ3n) is 3.37. The lowest BCUT2D eigenvalue weighted by atomic mass is 10.2. The highest BCUT2D eigenvalue weighted by atomic mass is 79.9. The number of nitrogens with one attached hydrogen (secondary N) is 1. The molecule has 26 heavy (non-hydrogen) atoms. The fraction of sp³-hybridized carbons (Fsp3) is 0.176. The number of methoxy groups -OCH3 is 1. The fourth-order valence-electron chi connectivity index (χ4n) is 2.00. The number of benzene rings is 2. The molecule has 1 amide bonds. The van der Waals surface area contributed by atoms with E-state index >= 15 is 0 Å². The van der Waals surface area contributed by atoms with Crippen LogP contribution in [0, 0.1) is 10.1 Å². The van der Waals surface area contributed by atoms with Gasteiger partial charge in [-0.2, -0.15) is 0 Å². The molecule has 1 unspecified atom stereocenters. The third kappa shape index (κ3) is 4.79. The number of esters is 1. The number of nitro groups is 1. The smallest absolute Gasteiger partial charge is 0.337 e. The minimum absolute atomic E-state index is 0.0677. The van der Waals surface area contributed by atoms with Crippen molar-refractivity contribution in [2.24, 2.45) is 0 Å². The highest BCUT2D eigenvalue weighted by Crippen LogP contribution is 2.27. The summed E-state index contributed by atoms with van der Waals surface area (Å²) in [5.74, 6) is -0.534. The summed E-state index contributed by atoms with van der Waals surface area (Å²) in [7, 11) is 1.28. The van der Waals surface area contributed by atoms with Crippen LogP contribution < -0.4 is 10.1 Å². The largest absolute Gasteiger partial charge is 0.480 e. The minimum atomic E-state index is -0.842. The summed E-state index contributed by atoms with van der Waals surface area (Å²) < 4.78 is 10.7. The third-order valence-corrected chi connectivity index (χ3v) is 3.99. The zero-order chi connectivity index (χ0) is 19.3. The maximum Gasteiger partial charge on any atom is 0.337 e. The molecule has 0 fully saturated rings. The van der Waals surface area contributed by atoms with E-state index in [9.17, 15) is 19.7 Å². The maximum atomic E-state index is 12.2. The van der Waals surface area contributed by atoms with Crippen LogP contribution in [-0.2, 0) is 9.53 Å². The molecular weight excluding hydrogens is 408 g/mol. The molecular formula is C17H15BrN2O6. The number of nitrogens with zero attached hydrogens (tertiary/aromatic N) is 1. The molecule has 0 radical (unpaired) electrons. The summed E-state index contributed by atoms with van der Waals surface area (Å²) in [5.41, 5.74) is 0.688. The number of anilines is 1. The number of carbonyl (C=O) groups is 2. The van der Waals surface area contributed by atoms with Crippen LogP contribution in [0.2, 0.25) is 0 Å². The van der Waals surface area contributed by atoms with Crippen LogP contribution in [0.1, 0.15) is 17.3 Å². The van der Waals surface area contributed by atoms with Crippen LogP contribution in [0.3, 0.4) is 0 Å². The minimum Gasteiger partial charge on any atom is -0.480 e. The summed E-state index contributed by atoms with van der Waals surface area (Å²) in [4.78, 5) is 33.8. The number of hydrogen-bond donors (Lipinski definition) is 1. The van der Waals surface area contributed by atoms with Crippen LogP contribution >= 0.6 is 15.9 Å². The van der Waals surface area contributed by atoms with Gasteiger partial charge in [-0.25, -0.2) is 4.79 Å². The van der Waals surface area contributed by atoms with E-state index in [1.165, 1.54) is 43.5 Å². The maximum absolute atomic E-state index is 12.2. The predicted octanol–water partition coefficient (Wildman–Crippen LogP) is 3.55. The number of non-ortho nitro benzene ring substituents is 1. The molecule has 0 heterocycles. The molecule has 2 aromatic rings. The molecule has 0 spiro atoms. The first kappa shape index (κ1) is 19.4. The van der Waals surface area contributed by atoms with Gasteiger partial charge in [0.25, 0.3) is 11.6 Å². The molecule has 1 N–H and O–H groups in total. The number of amides is 1. The molecule has 0 aliphatic heterocycles. The van der Waals surface area contributed by atoms with Gasteiger partial charge in [0.05, 0.1) is 22.1 Å². The monoisotopic (exact) mass is 422 g/mol. The van der Waals surface area contributed by atoms with E-state index in [4.69, 9.17) is 4.74 Å². The van der Waals surface area contributed by atoms with Crippen molar-refractivity contribution >= 4 is 39.2 Å². The Bertz CT molecular complexity index is 838. The van der Waals surface area contributed by atoms with E-state index in [0.717, 1.165) is 0 Å². The highest BCUT2D eigenvalue weighted by Gasteiger charge is 2.18. The molecule has 0 aromatic heterocycles. The quantitative estimate of drug-likeness (QED) is 0.433. The topological polar surface area (TPSA) is 108 Å². The van der Waals surface area contributed by atoms with Gasteiger partial charge in [0.1, 0.15) is 5.75 Å². The van der Waals surface area contributed by atoms with Gasteiger partial charge < -0.3 is 14.8 Å². The molecule has 0 aliphatic rings. The lowest BCUT2D eigenvalue weighted by molar-refractivity contribution is -0.384. The van der Waals surface area contributed by atoms with Gasteiger partial charge in [0, 0.05) is 17.8 Å². The van der Waals surface area contributed by atoms with Crippen molar-refractivity contribution in [3.63, 3.8) is 0 Å². The first-order chi connectivity index (χ1) is 12.3. The molecule has 1 atom stereocenters. The Morgan fingerprint density at radius 1 is 1.19 bits per heavy atom. The molecule has 2 aromatic carbocycles. The van der Waals surface area contributed by atoms with Crippen molar-refractivity contribution < 1.29 is 24.0 Å². The SMILES string of the molecule is COC(=O)c1ccc(OC(C)C(=O)Nc2ccc([N+](=O)[O-])cc2)c(Br)c1. The lowest BCUT2D eigenvalue weighted by Crippen LogP contribution is -2.30. The van der Waals surface area contributed by atoms with E-state index in [0.29, 0.717) is 21.5 Å². The zero-order valence-electron chi connectivity index (χ0n) is 13.9. The summed E-state index contributed by atoms with van der Waals surface area (Å²) in [5, 5.41) is 13.2. The average Bonchev–Trinajstić information content (AvgIpc) is 2.62. The van der Waals surface area contributed by atoms with Gasteiger partial charge in [-0.05, 0) is 53.2 Å². The van der Waals surface area contributed by atoms with Crippen LogP contribution in [-0.4, -0.2) is 30.0 Å². The molecule has 0 saturated heterocycles. The fourth-order valence-corrected chi connectivity index (χ4v) is 2.47. The molecule has 136 valence electrons. The molecule has 8 nitrogen and oxygen atoms in total. The second-order valence-corrected chi connectivity index (χ2v) is 6.04. The number of carbonyl (C=O) groups excluding carboxylic acids is 2. The predicted molar refractivity (Wildman–Crippen MR) is 97.3 cm³/mol. The van der Waals surface area contributed by atoms with Crippen LogP contribution in [0.5, 0.6) is 5.75 Å². The number of nitro benzene ring substituents is 1. The van der Waals surface area contributed by atoms with Crippen LogP contribution in [0.15, 0.2) is 46.9 Å². The first-order valence-electron chi connectivity index (χ1n) is 7.41. The zero-order valence-corrected chi connectivity index (χ0v) is 15.5. The Labute approximate surface area is 157 Å². The second-order valence-electron chi connectivity index (χ2n) is 5.19. The second kappa shape index (κ2) is 8.43. The van der Waals surface area contributed by atoms with Gasteiger partial charge in [-0.15, -0.1) is 0 Å². The van der Waals surface area contributed by atoms with Crippen molar-refractivity contribution in [2.75, 3.05) is 12.4 Å². The van der Waals surface area contributed by atoms with E-state index in [-0.39, 0.29) is 5.69 Å². The van der Waals surface area contributed by atoms with Crippen molar-refractivity contribution in [1.29, 1.82) is 0 Å². The van der Waals surface area contributed by atoms with Gasteiger partial charge in [-0.1, -0.05) is 0 Å². The molecule has 0 saturated carbocycles. The van der Waals surface area contributed by atoms with Crippen molar-refractivity contribution in [2.45, 2.75) is 13.0 Å². The van der Waals surface area contributed by atoms with E-state index in [1.54, 1.807) is 13.0 Å². The number of ether oxygens (including phenoxy) is 2. The average molecular weight is 423 g/mol. The van der Waals surface area contributed by atoms with Gasteiger partial charge in [0.2, 0.25) is 0 Å². The van der Waals surface area contributed by atoms with E-state index < -0.39 is 22.9 Å². The van der Waals surface area contributed by atoms with Crippen molar-refractivity contribution in [3.8, 4) is 5.75 Å². The lowest BCUT2D eigenvalue weighted by Gasteiger charge is -2.16. The van der Waals surface area contributed by atoms with Gasteiger partial charge in [0.15, 0.2) is 6.10 Å². The summed E-state index contributed by atoms with van der Waals surface area (Å²) in [6, 6.07) is 10.1. The van der Waals surface area contributed by atoms with Crippen molar-refractivity contribution in [1.82, 2.24) is 0 Å². The number of rotatable bonds is 6. The summed E-state index contributed by atoms with van der Waals surface area (Å²) in [6.45, 7) is 1.56. The van der Waals surface area contributed by atoms with E-state index in [2.05, 4.69) is 26.0 Å². The Morgan fingerprint density at radius 3 is 2.38 bits per heavy atom. The molecule has 0 bridgehead atoms. The van der Waals surface area contributed by atoms with E-state index in [1.807, 2.05) is 0 Å². The Kier molecular flexibility index (Phi) is 6.29. The molecule has 0 aliphatic carbocycles. The Morgan fingerprint density at radius 2 is 1.85 bits per heavy atom. The number of hydrogen-bond acceptors (Lipinski definition) is 6. The highest BCUT2D eigenvalue weighted by molar-refractivity contribution is 9.10. The molecule has 9 heteroatoms. The normalized spacial score (nSPS) is 11.3. The van der Waals surface area contributed by atoms with Crippen LogP contribution in [0.4, 0.5) is 11.4 Å². The summed E-state index contributed by atoms with van der Waals surface area (Å²) >= 11 is 3.28. The first-order valence-corrected chi connectivity index (χ1v) is 8.21. The molecule has 2 rings (SSSR count). The Balaban J connectivity index is 2.02. The van der Waals surface area contributed by atoms with Gasteiger partial charge in [-0.3, -0.25) is 14.9 Å². The van der Waals surface area contributed by atoms with Crippen LogP contribution in [0.25, 0.3) is 0 Å². The standard InChI is InChI=1S/C17H15BrN2O6/c1-10(16(21)19-12-4-6-13(7-5-12)20(23)24)26-15-8-3-11(9-14(15)18)17(22)25-2/h3-10H,1-2H3,(H,19,21). The van der Waals surface area contributed by atoms with Gasteiger partial charge >= 0.3 is 5.97 Å². The Hall–Kier alpha value is -2.94. The number of halogens is 1. The van der Waals surface area contributed by atoms with Crippen molar-refractivity contribution in [3.05, 3.63) is 62.6 Å². The summed E-state index contributed by atoms with van der Waals surface area (Å²) in [6.07, 6.45) is -0.842.